The molecule has 0 unspecified atom stereocenters. The summed E-state index contributed by atoms with van der Waals surface area (Å²) >= 11 is 0. The summed E-state index contributed by atoms with van der Waals surface area (Å²) in [5.74, 6) is 0.844. The first kappa shape index (κ1) is 12.5. The van der Waals surface area contributed by atoms with Gasteiger partial charge < -0.3 is 10.5 Å². The van der Waals surface area contributed by atoms with Crippen molar-refractivity contribution in [1.82, 2.24) is 9.78 Å². The van der Waals surface area contributed by atoms with Crippen LogP contribution in [0.1, 0.15) is 31.1 Å². The van der Waals surface area contributed by atoms with E-state index < -0.39 is 0 Å². The molecule has 4 heteroatoms. The number of aromatic nitrogens is 2. The van der Waals surface area contributed by atoms with Gasteiger partial charge >= 0.3 is 0 Å². The molecular formula is C14H19N3O. The van der Waals surface area contributed by atoms with Crippen LogP contribution < -0.4 is 10.5 Å². The van der Waals surface area contributed by atoms with Gasteiger partial charge in [-0.05, 0) is 32.9 Å². The molecule has 96 valence electrons. The van der Waals surface area contributed by atoms with E-state index in [-0.39, 0.29) is 6.04 Å². The molecule has 0 atom stereocenters. The van der Waals surface area contributed by atoms with Crippen LogP contribution in [0.4, 0.5) is 5.69 Å². The highest BCUT2D eigenvalue weighted by atomic mass is 16.5. The third-order valence-corrected chi connectivity index (χ3v) is 2.82. The standard InChI is InChI=1S/C14H19N3O/c1-10(2)17-14(13(15)8-16-17)9-18-12-6-4-11(3)5-7-12/h4-8,10H,9,15H2,1-3H3. The molecular weight excluding hydrogens is 226 g/mol. The normalized spacial score (nSPS) is 10.9. The van der Waals surface area contributed by atoms with Crippen molar-refractivity contribution in [3.05, 3.63) is 41.7 Å². The van der Waals surface area contributed by atoms with E-state index >= 15 is 0 Å². The molecule has 0 aliphatic heterocycles. The molecule has 18 heavy (non-hydrogen) atoms. The van der Waals surface area contributed by atoms with E-state index in [0.717, 1.165) is 11.4 Å². The van der Waals surface area contributed by atoms with Gasteiger partial charge in [-0.1, -0.05) is 17.7 Å². The monoisotopic (exact) mass is 245 g/mol. The number of anilines is 1. The van der Waals surface area contributed by atoms with Crippen LogP contribution in [0.2, 0.25) is 0 Å². The number of hydrogen-bond acceptors (Lipinski definition) is 3. The average molecular weight is 245 g/mol. The molecule has 4 nitrogen and oxygen atoms in total. The van der Waals surface area contributed by atoms with Crippen LogP contribution in [0.15, 0.2) is 30.5 Å². The van der Waals surface area contributed by atoms with E-state index in [1.807, 2.05) is 28.9 Å². The second-order valence-electron chi connectivity index (χ2n) is 4.69. The lowest BCUT2D eigenvalue weighted by Gasteiger charge is -2.12. The zero-order chi connectivity index (χ0) is 13.1. The fourth-order valence-electron chi connectivity index (χ4n) is 1.78. The number of nitrogen functional groups attached to an aromatic ring is 1. The maximum atomic E-state index is 5.90. The Morgan fingerprint density at radius 3 is 2.56 bits per heavy atom. The van der Waals surface area contributed by atoms with Crippen molar-refractivity contribution in [2.24, 2.45) is 0 Å². The molecule has 2 N–H and O–H groups in total. The van der Waals surface area contributed by atoms with Crippen LogP contribution in [0, 0.1) is 6.92 Å². The first-order valence-electron chi connectivity index (χ1n) is 6.09. The molecule has 2 rings (SSSR count). The van der Waals surface area contributed by atoms with Crippen LogP contribution in [0.3, 0.4) is 0 Å². The van der Waals surface area contributed by atoms with E-state index in [0.29, 0.717) is 12.3 Å². The van der Waals surface area contributed by atoms with Gasteiger partial charge in [0.2, 0.25) is 0 Å². The van der Waals surface area contributed by atoms with Gasteiger partial charge in [0.1, 0.15) is 12.4 Å². The molecule has 0 saturated heterocycles. The molecule has 1 aromatic carbocycles. The van der Waals surface area contributed by atoms with Gasteiger partial charge in [0.25, 0.3) is 0 Å². The quantitative estimate of drug-likeness (QED) is 0.901. The molecule has 0 spiro atoms. The highest BCUT2D eigenvalue weighted by Crippen LogP contribution is 2.19. The largest absolute Gasteiger partial charge is 0.487 e. The minimum Gasteiger partial charge on any atom is -0.487 e. The van der Waals surface area contributed by atoms with E-state index in [1.54, 1.807) is 6.20 Å². The van der Waals surface area contributed by atoms with Crippen molar-refractivity contribution in [2.75, 3.05) is 5.73 Å². The van der Waals surface area contributed by atoms with Crippen LogP contribution in [0.25, 0.3) is 0 Å². The van der Waals surface area contributed by atoms with Gasteiger partial charge in [-0.2, -0.15) is 5.10 Å². The number of nitrogens with two attached hydrogens (primary N) is 1. The van der Waals surface area contributed by atoms with Gasteiger partial charge in [0.15, 0.2) is 0 Å². The summed E-state index contributed by atoms with van der Waals surface area (Å²) in [6.45, 7) is 6.63. The molecule has 0 amide bonds. The minimum absolute atomic E-state index is 0.277. The first-order valence-corrected chi connectivity index (χ1v) is 6.09. The molecule has 0 aliphatic rings. The van der Waals surface area contributed by atoms with Gasteiger partial charge in [0, 0.05) is 6.04 Å². The Balaban J connectivity index is 2.10. The molecule has 0 radical (unpaired) electrons. The lowest BCUT2D eigenvalue weighted by atomic mass is 10.2. The Labute approximate surface area is 107 Å². The maximum Gasteiger partial charge on any atom is 0.132 e. The van der Waals surface area contributed by atoms with E-state index in [1.165, 1.54) is 5.56 Å². The van der Waals surface area contributed by atoms with Crippen molar-refractivity contribution in [2.45, 2.75) is 33.4 Å². The van der Waals surface area contributed by atoms with Crippen molar-refractivity contribution in [1.29, 1.82) is 0 Å². The lowest BCUT2D eigenvalue weighted by Crippen LogP contribution is -2.11. The molecule has 2 aromatic rings. The average Bonchev–Trinajstić information content (AvgIpc) is 2.70. The third-order valence-electron chi connectivity index (χ3n) is 2.82. The van der Waals surface area contributed by atoms with Crippen molar-refractivity contribution in [3.63, 3.8) is 0 Å². The zero-order valence-electron chi connectivity index (χ0n) is 11.1. The highest BCUT2D eigenvalue weighted by Gasteiger charge is 2.11. The number of aryl methyl sites for hydroxylation is 1. The van der Waals surface area contributed by atoms with Crippen LogP contribution in [0.5, 0.6) is 5.75 Å². The summed E-state index contributed by atoms with van der Waals surface area (Å²) in [5, 5.41) is 4.25. The predicted octanol–water partition coefficient (Wildman–Crippen LogP) is 2.93. The predicted molar refractivity (Wildman–Crippen MR) is 72.5 cm³/mol. The molecule has 1 aromatic heterocycles. The van der Waals surface area contributed by atoms with Gasteiger partial charge in [-0.15, -0.1) is 0 Å². The van der Waals surface area contributed by atoms with Gasteiger partial charge in [-0.3, -0.25) is 4.68 Å². The summed E-state index contributed by atoms with van der Waals surface area (Å²) in [6, 6.07) is 8.25. The molecule has 1 heterocycles. The molecule has 0 fully saturated rings. The van der Waals surface area contributed by atoms with Crippen LogP contribution in [-0.4, -0.2) is 9.78 Å². The topological polar surface area (TPSA) is 53.1 Å². The smallest absolute Gasteiger partial charge is 0.132 e. The fourth-order valence-corrected chi connectivity index (χ4v) is 1.78. The van der Waals surface area contributed by atoms with Crippen molar-refractivity contribution >= 4 is 5.69 Å². The second-order valence-corrected chi connectivity index (χ2v) is 4.69. The maximum absolute atomic E-state index is 5.90. The van der Waals surface area contributed by atoms with Gasteiger partial charge in [0.05, 0.1) is 17.6 Å². The fraction of sp³-hybridized carbons (Fsp3) is 0.357. The highest BCUT2D eigenvalue weighted by molar-refractivity contribution is 5.41. The summed E-state index contributed by atoms with van der Waals surface area (Å²) in [7, 11) is 0. The summed E-state index contributed by atoms with van der Waals surface area (Å²) in [6.07, 6.45) is 1.67. The minimum atomic E-state index is 0.277. The molecule has 0 saturated carbocycles. The van der Waals surface area contributed by atoms with E-state index in [2.05, 4.69) is 25.9 Å². The lowest BCUT2D eigenvalue weighted by molar-refractivity contribution is 0.288. The van der Waals surface area contributed by atoms with Gasteiger partial charge in [-0.25, -0.2) is 0 Å². The number of ether oxygens (including phenoxy) is 1. The third kappa shape index (κ3) is 2.64. The number of benzene rings is 1. The zero-order valence-corrected chi connectivity index (χ0v) is 11.1. The Hall–Kier alpha value is -1.97. The van der Waals surface area contributed by atoms with Crippen molar-refractivity contribution in [3.8, 4) is 5.75 Å². The Kier molecular flexibility index (Phi) is 3.55. The summed E-state index contributed by atoms with van der Waals surface area (Å²) < 4.78 is 7.63. The van der Waals surface area contributed by atoms with Crippen LogP contribution >= 0.6 is 0 Å². The second kappa shape index (κ2) is 5.12. The summed E-state index contributed by atoms with van der Waals surface area (Å²) in [4.78, 5) is 0. The molecule has 0 bridgehead atoms. The number of nitrogens with zero attached hydrogens (tertiary/aromatic N) is 2. The summed E-state index contributed by atoms with van der Waals surface area (Å²) in [5.41, 5.74) is 8.72. The van der Waals surface area contributed by atoms with E-state index in [9.17, 15) is 0 Å². The number of rotatable bonds is 4. The SMILES string of the molecule is Cc1ccc(OCc2c(N)cnn2C(C)C)cc1. The Bertz CT molecular complexity index is 514. The Morgan fingerprint density at radius 2 is 1.94 bits per heavy atom. The molecule has 0 aliphatic carbocycles. The first-order chi connectivity index (χ1) is 8.58. The van der Waals surface area contributed by atoms with Crippen LogP contribution in [-0.2, 0) is 6.61 Å². The Morgan fingerprint density at radius 1 is 1.28 bits per heavy atom. The van der Waals surface area contributed by atoms with Crippen molar-refractivity contribution < 1.29 is 4.74 Å². The number of hydrogen-bond donors (Lipinski definition) is 1. The van der Waals surface area contributed by atoms with E-state index in [4.69, 9.17) is 10.5 Å².